The molecule has 0 spiro atoms. The van der Waals surface area contributed by atoms with E-state index >= 15 is 0 Å². The number of nitrogens with one attached hydrogen (secondary N) is 1. The highest BCUT2D eigenvalue weighted by atomic mass is 35.5. The van der Waals surface area contributed by atoms with Crippen molar-refractivity contribution in [2.45, 2.75) is 18.9 Å². The van der Waals surface area contributed by atoms with Crippen molar-refractivity contribution < 1.29 is 4.42 Å². The zero-order valence-electron chi connectivity index (χ0n) is 14.8. The fourth-order valence-electron chi connectivity index (χ4n) is 3.46. The first-order valence-corrected chi connectivity index (χ1v) is 9.46. The maximum atomic E-state index is 12.6. The number of halogens is 1. The molecular weight excluding hydrogens is 364 g/mol. The second-order valence-corrected chi connectivity index (χ2v) is 6.96. The standard InChI is InChI=1S/C20H21ClN4O2/c21-19-16(13-23-25(20(19)26)15-7-2-1-3-8-15)22-14-17(18-9-6-12-27-18)24-10-4-5-11-24/h1-3,6-9,12-13,17,22H,4-5,10-11,14H2. The van der Waals surface area contributed by atoms with Gasteiger partial charge in [-0.25, -0.2) is 0 Å². The number of furan rings is 1. The van der Waals surface area contributed by atoms with Crippen LogP contribution >= 0.6 is 11.6 Å². The van der Waals surface area contributed by atoms with Crippen molar-refractivity contribution in [2.24, 2.45) is 0 Å². The Morgan fingerprint density at radius 1 is 1.15 bits per heavy atom. The lowest BCUT2D eigenvalue weighted by molar-refractivity contribution is 0.225. The van der Waals surface area contributed by atoms with Crippen LogP contribution in [-0.2, 0) is 0 Å². The first-order chi connectivity index (χ1) is 13.2. The minimum absolute atomic E-state index is 0.0927. The molecule has 1 N–H and O–H groups in total. The first-order valence-electron chi connectivity index (χ1n) is 9.08. The molecule has 0 bridgehead atoms. The molecule has 3 heterocycles. The monoisotopic (exact) mass is 384 g/mol. The quantitative estimate of drug-likeness (QED) is 0.701. The molecule has 1 fully saturated rings. The Hall–Kier alpha value is -2.57. The highest BCUT2D eigenvalue weighted by molar-refractivity contribution is 6.32. The van der Waals surface area contributed by atoms with E-state index in [0.717, 1.165) is 18.8 Å². The molecule has 3 aromatic rings. The van der Waals surface area contributed by atoms with Gasteiger partial charge in [-0.15, -0.1) is 0 Å². The Labute approximate surface area is 162 Å². The maximum absolute atomic E-state index is 12.6. The van der Waals surface area contributed by atoms with E-state index in [2.05, 4.69) is 15.3 Å². The molecule has 1 atom stereocenters. The summed E-state index contributed by atoms with van der Waals surface area (Å²) in [7, 11) is 0. The lowest BCUT2D eigenvalue weighted by atomic mass is 10.2. The molecule has 27 heavy (non-hydrogen) atoms. The lowest BCUT2D eigenvalue weighted by Gasteiger charge is -2.26. The molecule has 1 aliphatic rings. The topological polar surface area (TPSA) is 63.3 Å². The van der Waals surface area contributed by atoms with Crippen molar-refractivity contribution >= 4 is 17.3 Å². The molecule has 1 aromatic carbocycles. The van der Waals surface area contributed by atoms with Crippen LogP contribution in [0.15, 0.2) is 64.1 Å². The molecule has 0 amide bonds. The zero-order valence-corrected chi connectivity index (χ0v) is 15.6. The third-order valence-electron chi connectivity index (χ3n) is 4.86. The predicted octanol–water partition coefficient (Wildman–Crippen LogP) is 3.73. The van der Waals surface area contributed by atoms with E-state index in [1.807, 2.05) is 42.5 Å². The van der Waals surface area contributed by atoms with Crippen molar-refractivity contribution in [1.82, 2.24) is 14.7 Å². The number of likely N-dealkylation sites (tertiary alicyclic amines) is 1. The summed E-state index contributed by atoms with van der Waals surface area (Å²) in [6.07, 6.45) is 5.66. The van der Waals surface area contributed by atoms with Gasteiger partial charge >= 0.3 is 0 Å². The minimum Gasteiger partial charge on any atom is -0.468 e. The number of hydrogen-bond acceptors (Lipinski definition) is 5. The van der Waals surface area contributed by atoms with Gasteiger partial charge in [0.2, 0.25) is 0 Å². The van der Waals surface area contributed by atoms with Gasteiger partial charge in [-0.3, -0.25) is 9.69 Å². The molecule has 2 aromatic heterocycles. The van der Waals surface area contributed by atoms with Crippen molar-refractivity contribution in [1.29, 1.82) is 0 Å². The molecule has 4 rings (SSSR count). The summed E-state index contributed by atoms with van der Waals surface area (Å²) in [4.78, 5) is 15.0. The van der Waals surface area contributed by atoms with Gasteiger partial charge in [0, 0.05) is 6.54 Å². The van der Waals surface area contributed by atoms with Crippen molar-refractivity contribution in [3.8, 4) is 5.69 Å². The van der Waals surface area contributed by atoms with E-state index in [0.29, 0.717) is 17.9 Å². The van der Waals surface area contributed by atoms with Crippen molar-refractivity contribution in [2.75, 3.05) is 25.0 Å². The average Bonchev–Trinajstić information content (AvgIpc) is 3.41. The number of rotatable bonds is 6. The summed E-state index contributed by atoms with van der Waals surface area (Å²) in [6.45, 7) is 2.66. The number of nitrogens with zero attached hydrogens (tertiary/aromatic N) is 3. The molecule has 1 unspecified atom stereocenters. The molecule has 7 heteroatoms. The molecule has 0 aliphatic carbocycles. The molecule has 0 saturated carbocycles. The summed E-state index contributed by atoms with van der Waals surface area (Å²) in [5, 5.41) is 7.69. The van der Waals surface area contributed by atoms with Crippen molar-refractivity contribution in [3.05, 3.63) is 76.1 Å². The van der Waals surface area contributed by atoms with Gasteiger partial charge in [0.25, 0.3) is 5.56 Å². The number of aromatic nitrogens is 2. The Morgan fingerprint density at radius 2 is 1.93 bits per heavy atom. The molecule has 1 saturated heterocycles. The minimum atomic E-state index is -0.344. The largest absolute Gasteiger partial charge is 0.468 e. The fraction of sp³-hybridized carbons (Fsp3) is 0.300. The normalized spacial score (nSPS) is 15.7. The van der Waals surface area contributed by atoms with Gasteiger partial charge in [0.05, 0.1) is 29.9 Å². The van der Waals surface area contributed by atoms with Crippen LogP contribution in [0.4, 0.5) is 5.69 Å². The van der Waals surface area contributed by atoms with Crippen LogP contribution in [0.5, 0.6) is 0 Å². The van der Waals surface area contributed by atoms with E-state index in [1.165, 1.54) is 17.5 Å². The van der Waals surface area contributed by atoms with Crippen LogP contribution in [0.25, 0.3) is 5.69 Å². The summed E-state index contributed by atoms with van der Waals surface area (Å²) < 4.78 is 6.93. The Balaban J connectivity index is 1.55. The summed E-state index contributed by atoms with van der Waals surface area (Å²) >= 11 is 6.34. The second kappa shape index (κ2) is 7.98. The van der Waals surface area contributed by atoms with E-state index in [-0.39, 0.29) is 16.6 Å². The Bertz CT molecular complexity index is 934. The second-order valence-electron chi connectivity index (χ2n) is 6.58. The molecule has 0 radical (unpaired) electrons. The Kier molecular flexibility index (Phi) is 5.27. The van der Waals surface area contributed by atoms with Gasteiger partial charge in [-0.2, -0.15) is 9.78 Å². The smallest absolute Gasteiger partial charge is 0.292 e. The molecule has 140 valence electrons. The van der Waals surface area contributed by atoms with Gasteiger partial charge in [0.1, 0.15) is 10.8 Å². The fourth-order valence-corrected chi connectivity index (χ4v) is 3.66. The lowest BCUT2D eigenvalue weighted by Crippen LogP contribution is -2.31. The van der Waals surface area contributed by atoms with E-state index in [4.69, 9.17) is 16.0 Å². The van der Waals surface area contributed by atoms with E-state index < -0.39 is 0 Å². The third-order valence-corrected chi connectivity index (χ3v) is 5.22. The molecular formula is C20H21ClN4O2. The highest BCUT2D eigenvalue weighted by Gasteiger charge is 2.25. The van der Waals surface area contributed by atoms with E-state index in [1.54, 1.807) is 12.5 Å². The van der Waals surface area contributed by atoms with Crippen LogP contribution in [-0.4, -0.2) is 34.3 Å². The van der Waals surface area contributed by atoms with Crippen LogP contribution in [0, 0.1) is 0 Å². The van der Waals surface area contributed by atoms with Gasteiger partial charge in [-0.05, 0) is 50.2 Å². The number of anilines is 1. The number of para-hydroxylation sites is 1. The maximum Gasteiger partial charge on any atom is 0.292 e. The van der Waals surface area contributed by atoms with Gasteiger partial charge < -0.3 is 9.73 Å². The third kappa shape index (κ3) is 3.77. The molecule has 1 aliphatic heterocycles. The number of benzene rings is 1. The Morgan fingerprint density at radius 3 is 2.63 bits per heavy atom. The predicted molar refractivity (Wildman–Crippen MR) is 106 cm³/mol. The van der Waals surface area contributed by atoms with Crippen LogP contribution in [0.1, 0.15) is 24.6 Å². The zero-order chi connectivity index (χ0) is 18.6. The van der Waals surface area contributed by atoms with Crippen LogP contribution in [0.3, 0.4) is 0 Å². The van der Waals surface area contributed by atoms with E-state index in [9.17, 15) is 4.79 Å². The summed E-state index contributed by atoms with van der Waals surface area (Å²) in [5.41, 5.74) is 0.870. The number of hydrogen-bond donors (Lipinski definition) is 1. The van der Waals surface area contributed by atoms with Gasteiger partial charge in [-0.1, -0.05) is 29.8 Å². The van der Waals surface area contributed by atoms with Crippen LogP contribution in [0.2, 0.25) is 5.02 Å². The highest BCUT2D eigenvalue weighted by Crippen LogP contribution is 2.27. The summed E-state index contributed by atoms with van der Waals surface area (Å²) in [6, 6.07) is 13.2. The van der Waals surface area contributed by atoms with Crippen molar-refractivity contribution in [3.63, 3.8) is 0 Å². The van der Waals surface area contributed by atoms with Gasteiger partial charge in [0.15, 0.2) is 0 Å². The molecule has 6 nitrogen and oxygen atoms in total. The summed E-state index contributed by atoms with van der Waals surface area (Å²) in [5.74, 6) is 0.908. The average molecular weight is 385 g/mol. The van der Waals surface area contributed by atoms with Crippen LogP contribution < -0.4 is 10.9 Å². The first kappa shape index (κ1) is 17.8. The SMILES string of the molecule is O=c1c(Cl)c(NCC(c2ccco2)N2CCCC2)cnn1-c1ccccc1.